The van der Waals surface area contributed by atoms with Crippen LogP contribution in [0.3, 0.4) is 0 Å². The third-order valence-corrected chi connectivity index (χ3v) is 5.67. The molecule has 3 rings (SSSR count). The number of halogens is 1. The van der Waals surface area contributed by atoms with E-state index in [1.165, 1.54) is 32.3 Å². The van der Waals surface area contributed by atoms with Crippen molar-refractivity contribution < 1.29 is 28.9 Å². The van der Waals surface area contributed by atoms with E-state index in [1.807, 2.05) is 6.92 Å². The largest absolute Gasteiger partial charge is 0.507 e. The molecule has 1 fully saturated rings. The van der Waals surface area contributed by atoms with Crippen molar-refractivity contribution in [3.05, 3.63) is 58.1 Å². The number of benzene rings is 2. The molecule has 2 aromatic carbocycles. The molecule has 1 amide bonds. The smallest absolute Gasteiger partial charge is 0.295 e. The number of likely N-dealkylation sites (tertiary alicyclic amines) is 1. The number of hydrogen-bond acceptors (Lipinski definition) is 6. The van der Waals surface area contributed by atoms with Gasteiger partial charge in [0.15, 0.2) is 11.5 Å². The number of carbonyl (C=O) groups excluding carboxylic acids is 2. The number of ketones is 1. The van der Waals surface area contributed by atoms with Gasteiger partial charge in [0.05, 0.1) is 38.5 Å². The van der Waals surface area contributed by atoms with Crippen LogP contribution in [-0.2, 0) is 9.59 Å². The van der Waals surface area contributed by atoms with E-state index in [0.29, 0.717) is 40.8 Å². The fourth-order valence-corrected chi connectivity index (χ4v) is 3.99. The monoisotopic (exact) mass is 459 g/mol. The van der Waals surface area contributed by atoms with E-state index in [4.69, 9.17) is 25.8 Å². The van der Waals surface area contributed by atoms with Gasteiger partial charge < -0.3 is 24.2 Å². The first-order chi connectivity index (χ1) is 15.4. The van der Waals surface area contributed by atoms with E-state index in [1.54, 1.807) is 30.3 Å². The number of ether oxygens (including phenoxy) is 3. The average Bonchev–Trinajstić information content (AvgIpc) is 3.06. The molecule has 0 aromatic heterocycles. The molecule has 1 unspecified atom stereocenters. The van der Waals surface area contributed by atoms with E-state index in [2.05, 4.69) is 0 Å². The standard InChI is InChI=1S/C24H26ClNO6/c1-5-6-11-26-21(14-7-9-18(31-3)19(12-14)32-4)20(23(28)24(26)29)22(27)16-13-15(25)8-10-17(16)30-2/h7-10,12-13,21,27H,5-6,11H2,1-4H3/b22-20+. The summed E-state index contributed by atoms with van der Waals surface area (Å²) in [7, 11) is 4.48. The lowest BCUT2D eigenvalue weighted by Gasteiger charge is -2.26. The first-order valence-electron chi connectivity index (χ1n) is 10.2. The second-order valence-electron chi connectivity index (χ2n) is 7.31. The maximum Gasteiger partial charge on any atom is 0.295 e. The third kappa shape index (κ3) is 4.25. The fraction of sp³-hybridized carbons (Fsp3) is 0.333. The fourth-order valence-electron chi connectivity index (χ4n) is 3.82. The van der Waals surface area contributed by atoms with Crippen LogP contribution in [0, 0.1) is 0 Å². The summed E-state index contributed by atoms with van der Waals surface area (Å²) in [5, 5.41) is 11.6. The number of carbonyl (C=O) groups is 2. The molecule has 0 aliphatic carbocycles. The highest BCUT2D eigenvalue weighted by Gasteiger charge is 2.46. The van der Waals surface area contributed by atoms with Crippen LogP contribution >= 0.6 is 11.6 Å². The maximum atomic E-state index is 13.1. The Balaban J connectivity index is 2.25. The van der Waals surface area contributed by atoms with Gasteiger partial charge in [-0.1, -0.05) is 31.0 Å². The predicted octanol–water partition coefficient (Wildman–Crippen LogP) is 4.59. The number of Topliss-reactive ketones (excluding diaryl/α,β-unsaturated/α-hetero) is 1. The lowest BCUT2D eigenvalue weighted by molar-refractivity contribution is -0.139. The van der Waals surface area contributed by atoms with Crippen molar-refractivity contribution in [3.63, 3.8) is 0 Å². The van der Waals surface area contributed by atoms with Gasteiger partial charge in [-0.3, -0.25) is 9.59 Å². The van der Waals surface area contributed by atoms with E-state index < -0.39 is 17.7 Å². The Hall–Kier alpha value is -3.19. The van der Waals surface area contributed by atoms with Gasteiger partial charge in [-0.15, -0.1) is 0 Å². The van der Waals surface area contributed by atoms with Crippen LogP contribution in [-0.4, -0.2) is 49.6 Å². The van der Waals surface area contributed by atoms with Crippen LogP contribution in [0.2, 0.25) is 5.02 Å². The van der Waals surface area contributed by atoms with E-state index in [0.717, 1.165) is 6.42 Å². The Kier molecular flexibility index (Phi) is 7.30. The predicted molar refractivity (Wildman–Crippen MR) is 121 cm³/mol. The van der Waals surface area contributed by atoms with Crippen LogP contribution in [0.4, 0.5) is 0 Å². The maximum absolute atomic E-state index is 13.1. The second kappa shape index (κ2) is 9.96. The zero-order valence-corrected chi connectivity index (χ0v) is 19.2. The molecule has 1 aliphatic heterocycles. The molecule has 2 aromatic rings. The minimum absolute atomic E-state index is 0.0288. The van der Waals surface area contributed by atoms with Gasteiger partial charge in [0.1, 0.15) is 11.5 Å². The van der Waals surface area contributed by atoms with E-state index in [9.17, 15) is 14.7 Å². The normalized spacial score (nSPS) is 17.5. The number of unbranched alkanes of at least 4 members (excludes halogenated alkanes) is 1. The van der Waals surface area contributed by atoms with E-state index >= 15 is 0 Å². The molecule has 1 atom stereocenters. The van der Waals surface area contributed by atoms with Crippen molar-refractivity contribution >= 4 is 29.1 Å². The number of aliphatic hydroxyl groups is 1. The lowest BCUT2D eigenvalue weighted by atomic mass is 9.94. The molecule has 1 heterocycles. The average molecular weight is 460 g/mol. The number of methoxy groups -OCH3 is 3. The minimum Gasteiger partial charge on any atom is -0.507 e. The second-order valence-corrected chi connectivity index (χ2v) is 7.74. The highest BCUT2D eigenvalue weighted by molar-refractivity contribution is 6.46. The molecule has 7 nitrogen and oxygen atoms in total. The molecule has 0 radical (unpaired) electrons. The summed E-state index contributed by atoms with van der Waals surface area (Å²) in [6.45, 7) is 2.36. The van der Waals surface area contributed by atoms with Crippen LogP contribution in [0.1, 0.15) is 36.9 Å². The van der Waals surface area contributed by atoms with Crippen molar-refractivity contribution in [1.29, 1.82) is 0 Å². The van der Waals surface area contributed by atoms with Gasteiger partial charge in [-0.25, -0.2) is 0 Å². The summed E-state index contributed by atoms with van der Waals surface area (Å²) in [6, 6.07) is 9.06. The Morgan fingerprint density at radius 1 is 1.00 bits per heavy atom. The number of aliphatic hydroxyl groups excluding tert-OH is 1. The molecule has 0 bridgehead atoms. The molecule has 1 N–H and O–H groups in total. The van der Waals surface area contributed by atoms with Gasteiger partial charge in [0.25, 0.3) is 11.7 Å². The van der Waals surface area contributed by atoms with Crippen molar-refractivity contribution in [2.75, 3.05) is 27.9 Å². The molecular formula is C24H26ClNO6. The van der Waals surface area contributed by atoms with Gasteiger partial charge in [0.2, 0.25) is 0 Å². The zero-order chi connectivity index (χ0) is 23.4. The van der Waals surface area contributed by atoms with Crippen LogP contribution in [0.5, 0.6) is 17.2 Å². The van der Waals surface area contributed by atoms with Crippen molar-refractivity contribution in [3.8, 4) is 17.2 Å². The SMILES string of the molecule is CCCCN1C(=O)C(=O)/C(=C(/O)c2cc(Cl)ccc2OC)C1c1ccc(OC)c(OC)c1. The molecule has 170 valence electrons. The van der Waals surface area contributed by atoms with Gasteiger partial charge in [0, 0.05) is 11.6 Å². The van der Waals surface area contributed by atoms with Crippen LogP contribution < -0.4 is 14.2 Å². The van der Waals surface area contributed by atoms with Crippen molar-refractivity contribution in [2.45, 2.75) is 25.8 Å². The van der Waals surface area contributed by atoms with Crippen molar-refractivity contribution in [2.24, 2.45) is 0 Å². The summed E-state index contributed by atoms with van der Waals surface area (Å²) in [5.74, 6) is -0.481. The van der Waals surface area contributed by atoms with Crippen LogP contribution in [0.15, 0.2) is 42.0 Å². The molecular weight excluding hydrogens is 434 g/mol. The number of rotatable bonds is 8. The Morgan fingerprint density at radius 2 is 1.66 bits per heavy atom. The number of amides is 1. The zero-order valence-electron chi connectivity index (χ0n) is 18.5. The highest BCUT2D eigenvalue weighted by atomic mass is 35.5. The molecule has 1 aliphatic rings. The Bertz CT molecular complexity index is 1060. The summed E-state index contributed by atoms with van der Waals surface area (Å²) < 4.78 is 16.1. The molecule has 8 heteroatoms. The summed E-state index contributed by atoms with van der Waals surface area (Å²) in [4.78, 5) is 27.5. The van der Waals surface area contributed by atoms with Gasteiger partial charge >= 0.3 is 0 Å². The Labute approximate surface area is 192 Å². The topological polar surface area (TPSA) is 85.3 Å². The quantitative estimate of drug-likeness (QED) is 0.353. The molecule has 32 heavy (non-hydrogen) atoms. The Morgan fingerprint density at radius 3 is 2.28 bits per heavy atom. The van der Waals surface area contributed by atoms with Gasteiger partial charge in [-0.05, 0) is 42.3 Å². The summed E-state index contributed by atoms with van der Waals surface area (Å²) in [5.41, 5.74) is 0.818. The molecule has 0 spiro atoms. The third-order valence-electron chi connectivity index (χ3n) is 5.43. The van der Waals surface area contributed by atoms with Crippen molar-refractivity contribution in [1.82, 2.24) is 4.90 Å². The number of hydrogen-bond donors (Lipinski definition) is 1. The molecule has 0 saturated carbocycles. The summed E-state index contributed by atoms with van der Waals surface area (Å²) in [6.07, 6.45) is 1.54. The van der Waals surface area contributed by atoms with Gasteiger partial charge in [-0.2, -0.15) is 0 Å². The van der Waals surface area contributed by atoms with E-state index in [-0.39, 0.29) is 16.9 Å². The molecule has 1 saturated heterocycles. The highest BCUT2D eigenvalue weighted by Crippen LogP contribution is 2.43. The first-order valence-corrected chi connectivity index (χ1v) is 10.6. The first kappa shape index (κ1) is 23.5. The minimum atomic E-state index is -0.801. The summed E-state index contributed by atoms with van der Waals surface area (Å²) >= 11 is 6.13. The number of nitrogens with zero attached hydrogens (tertiary/aromatic N) is 1. The van der Waals surface area contributed by atoms with Crippen LogP contribution in [0.25, 0.3) is 5.76 Å². The lowest BCUT2D eigenvalue weighted by Crippen LogP contribution is -2.30.